The summed E-state index contributed by atoms with van der Waals surface area (Å²) in [6.45, 7) is 3.26. The molecule has 0 saturated carbocycles. The topological polar surface area (TPSA) is 61.0 Å². The summed E-state index contributed by atoms with van der Waals surface area (Å²) >= 11 is 0. The summed E-state index contributed by atoms with van der Waals surface area (Å²) in [6.07, 6.45) is 4.03. The first-order valence-corrected chi connectivity index (χ1v) is 4.95. The van der Waals surface area contributed by atoms with Gasteiger partial charge in [0, 0.05) is 19.3 Å². The highest BCUT2D eigenvalue weighted by molar-refractivity contribution is 5.16. The second-order valence-corrected chi connectivity index (χ2v) is 3.56. The van der Waals surface area contributed by atoms with Gasteiger partial charge in [0.15, 0.2) is 5.82 Å². The lowest BCUT2D eigenvalue weighted by atomic mass is 10.2. The smallest absolute Gasteiger partial charge is 0.157 e. The lowest BCUT2D eigenvalue weighted by Crippen LogP contribution is -2.09. The molecule has 1 atom stereocenters. The van der Waals surface area contributed by atoms with Crippen LogP contribution < -0.4 is 5.73 Å². The van der Waals surface area contributed by atoms with Gasteiger partial charge in [-0.25, -0.2) is 9.97 Å². The third-order valence-electron chi connectivity index (χ3n) is 2.51. The van der Waals surface area contributed by atoms with Crippen molar-refractivity contribution in [3.05, 3.63) is 23.3 Å². The summed E-state index contributed by atoms with van der Waals surface area (Å²) in [7, 11) is 0. The predicted molar refractivity (Wildman–Crippen MR) is 52.6 cm³/mol. The average molecular weight is 193 g/mol. The molecular weight excluding hydrogens is 178 g/mol. The van der Waals surface area contributed by atoms with E-state index in [1.165, 1.54) is 0 Å². The molecule has 2 heterocycles. The van der Waals surface area contributed by atoms with Crippen molar-refractivity contribution >= 4 is 0 Å². The fourth-order valence-electron chi connectivity index (χ4n) is 1.64. The lowest BCUT2D eigenvalue weighted by Gasteiger charge is -2.09. The molecule has 4 nitrogen and oxygen atoms in total. The summed E-state index contributed by atoms with van der Waals surface area (Å²) in [5.41, 5.74) is 7.56. The van der Waals surface area contributed by atoms with Crippen molar-refractivity contribution in [2.75, 3.05) is 6.61 Å². The number of aromatic nitrogens is 2. The molecule has 1 unspecified atom stereocenters. The lowest BCUT2D eigenvalue weighted by molar-refractivity contribution is 0.105. The molecule has 0 amide bonds. The zero-order chi connectivity index (χ0) is 9.97. The monoisotopic (exact) mass is 193 g/mol. The highest BCUT2D eigenvalue weighted by Gasteiger charge is 2.20. The molecule has 1 aromatic heterocycles. The number of hydrogen-bond acceptors (Lipinski definition) is 4. The van der Waals surface area contributed by atoms with Crippen molar-refractivity contribution in [2.45, 2.75) is 32.4 Å². The van der Waals surface area contributed by atoms with Gasteiger partial charge in [0.2, 0.25) is 0 Å². The molecule has 76 valence electrons. The Bertz CT molecular complexity index is 321. The standard InChI is InChI=1S/C10H15N3O/c1-7-6-12-10(13-8(7)5-11)9-3-2-4-14-9/h6,9H,2-5,11H2,1H3. The van der Waals surface area contributed by atoms with Crippen molar-refractivity contribution in [1.82, 2.24) is 9.97 Å². The van der Waals surface area contributed by atoms with Crippen molar-refractivity contribution in [1.29, 1.82) is 0 Å². The van der Waals surface area contributed by atoms with Crippen LogP contribution in [0.2, 0.25) is 0 Å². The molecule has 0 bridgehead atoms. The van der Waals surface area contributed by atoms with Crippen LogP contribution >= 0.6 is 0 Å². The first-order chi connectivity index (χ1) is 6.81. The number of rotatable bonds is 2. The maximum absolute atomic E-state index is 5.59. The summed E-state index contributed by atoms with van der Waals surface area (Å²) in [5.74, 6) is 0.786. The van der Waals surface area contributed by atoms with Crippen LogP contribution in [0.4, 0.5) is 0 Å². The number of nitrogens with two attached hydrogens (primary N) is 1. The second-order valence-electron chi connectivity index (χ2n) is 3.56. The van der Waals surface area contributed by atoms with Gasteiger partial charge < -0.3 is 10.5 Å². The Morgan fingerprint density at radius 1 is 1.64 bits per heavy atom. The summed E-state index contributed by atoms with van der Waals surface area (Å²) in [4.78, 5) is 8.69. The Labute approximate surface area is 83.5 Å². The van der Waals surface area contributed by atoms with E-state index in [0.29, 0.717) is 6.54 Å². The van der Waals surface area contributed by atoms with Gasteiger partial charge in [0.1, 0.15) is 6.10 Å². The van der Waals surface area contributed by atoms with Crippen molar-refractivity contribution in [3.8, 4) is 0 Å². The third kappa shape index (κ3) is 1.76. The molecule has 1 aliphatic heterocycles. The Morgan fingerprint density at radius 2 is 2.50 bits per heavy atom. The number of hydrogen-bond donors (Lipinski definition) is 1. The van der Waals surface area contributed by atoms with Gasteiger partial charge in [0.05, 0.1) is 5.69 Å². The maximum atomic E-state index is 5.59. The average Bonchev–Trinajstić information content (AvgIpc) is 2.71. The summed E-state index contributed by atoms with van der Waals surface area (Å²) < 4.78 is 5.51. The number of ether oxygens (including phenoxy) is 1. The molecule has 0 aromatic carbocycles. The van der Waals surface area contributed by atoms with E-state index in [0.717, 1.165) is 36.5 Å². The molecule has 1 saturated heterocycles. The molecule has 2 rings (SSSR count). The minimum atomic E-state index is 0.0842. The van der Waals surface area contributed by atoms with Gasteiger partial charge >= 0.3 is 0 Å². The zero-order valence-corrected chi connectivity index (χ0v) is 8.36. The molecule has 0 radical (unpaired) electrons. The van der Waals surface area contributed by atoms with Crippen molar-refractivity contribution in [3.63, 3.8) is 0 Å². The van der Waals surface area contributed by atoms with Crippen molar-refractivity contribution < 1.29 is 4.74 Å². The minimum Gasteiger partial charge on any atom is -0.370 e. The van der Waals surface area contributed by atoms with E-state index in [2.05, 4.69) is 9.97 Å². The Kier molecular flexibility index (Phi) is 2.74. The molecule has 1 fully saturated rings. The van der Waals surface area contributed by atoms with Crippen LogP contribution in [-0.2, 0) is 11.3 Å². The molecule has 4 heteroatoms. The van der Waals surface area contributed by atoms with Crippen LogP contribution in [0, 0.1) is 6.92 Å². The van der Waals surface area contributed by atoms with E-state index in [4.69, 9.17) is 10.5 Å². The molecular formula is C10H15N3O. The van der Waals surface area contributed by atoms with E-state index < -0.39 is 0 Å². The quantitative estimate of drug-likeness (QED) is 0.764. The van der Waals surface area contributed by atoms with Gasteiger partial charge in [-0.1, -0.05) is 0 Å². The van der Waals surface area contributed by atoms with Crippen LogP contribution in [0.3, 0.4) is 0 Å². The fourth-order valence-corrected chi connectivity index (χ4v) is 1.64. The highest BCUT2D eigenvalue weighted by atomic mass is 16.5. The normalized spacial score (nSPS) is 21.4. The van der Waals surface area contributed by atoms with E-state index in [1.807, 2.05) is 13.1 Å². The van der Waals surface area contributed by atoms with E-state index in [-0.39, 0.29) is 6.10 Å². The maximum Gasteiger partial charge on any atom is 0.157 e. The predicted octanol–water partition coefficient (Wildman–Crippen LogP) is 1.10. The molecule has 0 spiro atoms. The van der Waals surface area contributed by atoms with Gasteiger partial charge in [-0.2, -0.15) is 0 Å². The van der Waals surface area contributed by atoms with Gasteiger partial charge in [-0.15, -0.1) is 0 Å². The van der Waals surface area contributed by atoms with Crippen LogP contribution in [0.25, 0.3) is 0 Å². The van der Waals surface area contributed by atoms with Crippen LogP contribution in [0.1, 0.15) is 36.0 Å². The highest BCUT2D eigenvalue weighted by Crippen LogP contribution is 2.25. The van der Waals surface area contributed by atoms with Crippen LogP contribution in [0.15, 0.2) is 6.20 Å². The van der Waals surface area contributed by atoms with E-state index in [9.17, 15) is 0 Å². The first-order valence-electron chi connectivity index (χ1n) is 4.95. The van der Waals surface area contributed by atoms with E-state index in [1.54, 1.807) is 0 Å². The summed E-state index contributed by atoms with van der Waals surface area (Å²) in [5, 5.41) is 0. The van der Waals surface area contributed by atoms with Gasteiger partial charge in [-0.3, -0.25) is 0 Å². The van der Waals surface area contributed by atoms with E-state index >= 15 is 0 Å². The Morgan fingerprint density at radius 3 is 3.14 bits per heavy atom. The second kappa shape index (κ2) is 4.02. The van der Waals surface area contributed by atoms with Crippen LogP contribution in [0.5, 0.6) is 0 Å². The third-order valence-corrected chi connectivity index (χ3v) is 2.51. The molecule has 0 aliphatic carbocycles. The minimum absolute atomic E-state index is 0.0842. The SMILES string of the molecule is Cc1cnc(C2CCCO2)nc1CN. The zero-order valence-electron chi connectivity index (χ0n) is 8.36. The number of nitrogens with zero attached hydrogens (tertiary/aromatic N) is 2. The molecule has 1 aliphatic rings. The summed E-state index contributed by atoms with van der Waals surface area (Å²) in [6, 6.07) is 0. The Balaban J connectivity index is 2.25. The first kappa shape index (κ1) is 9.55. The Hall–Kier alpha value is -1.00. The molecule has 14 heavy (non-hydrogen) atoms. The molecule has 2 N–H and O–H groups in total. The number of aryl methyl sites for hydroxylation is 1. The largest absolute Gasteiger partial charge is 0.370 e. The van der Waals surface area contributed by atoms with Crippen molar-refractivity contribution in [2.24, 2.45) is 5.73 Å². The van der Waals surface area contributed by atoms with Crippen LogP contribution in [-0.4, -0.2) is 16.6 Å². The van der Waals surface area contributed by atoms with Gasteiger partial charge in [-0.05, 0) is 25.3 Å². The fraction of sp³-hybridized carbons (Fsp3) is 0.600. The van der Waals surface area contributed by atoms with Gasteiger partial charge in [0.25, 0.3) is 0 Å². The molecule has 1 aromatic rings.